The summed E-state index contributed by atoms with van der Waals surface area (Å²) in [4.78, 5) is 2.50. The van der Waals surface area contributed by atoms with Gasteiger partial charge < -0.3 is 5.73 Å². The molecule has 0 saturated heterocycles. The van der Waals surface area contributed by atoms with Crippen molar-refractivity contribution in [1.82, 2.24) is 4.90 Å². The SMILES string of the molecule is CC1CCC(C)C(CN)(N(C)Cc2ccccc2)C1. The van der Waals surface area contributed by atoms with Crippen LogP contribution in [0.25, 0.3) is 0 Å². The molecule has 3 atom stereocenters. The topological polar surface area (TPSA) is 29.3 Å². The number of hydrogen-bond acceptors (Lipinski definition) is 2. The minimum absolute atomic E-state index is 0.174. The fraction of sp³-hybridized carbons (Fsp3) is 0.647. The van der Waals surface area contributed by atoms with Crippen LogP contribution in [0.1, 0.15) is 38.7 Å². The zero-order valence-electron chi connectivity index (χ0n) is 12.6. The van der Waals surface area contributed by atoms with Crippen LogP contribution in [0.15, 0.2) is 30.3 Å². The van der Waals surface area contributed by atoms with Crippen LogP contribution in [0.2, 0.25) is 0 Å². The third-order valence-corrected chi connectivity index (χ3v) is 5.09. The predicted molar refractivity (Wildman–Crippen MR) is 81.9 cm³/mol. The summed E-state index contributed by atoms with van der Waals surface area (Å²) < 4.78 is 0. The first-order valence-electron chi connectivity index (χ1n) is 7.53. The molecule has 2 nitrogen and oxygen atoms in total. The van der Waals surface area contributed by atoms with Crippen molar-refractivity contribution in [3.8, 4) is 0 Å². The summed E-state index contributed by atoms with van der Waals surface area (Å²) in [6.07, 6.45) is 3.88. The van der Waals surface area contributed by atoms with E-state index in [-0.39, 0.29) is 5.54 Å². The Labute approximate surface area is 118 Å². The van der Waals surface area contributed by atoms with Crippen LogP contribution in [0.3, 0.4) is 0 Å². The van der Waals surface area contributed by atoms with Crippen molar-refractivity contribution in [3.63, 3.8) is 0 Å². The average molecular weight is 260 g/mol. The highest BCUT2D eigenvalue weighted by atomic mass is 15.2. The quantitative estimate of drug-likeness (QED) is 0.900. The molecule has 1 fully saturated rings. The van der Waals surface area contributed by atoms with Gasteiger partial charge in [0.1, 0.15) is 0 Å². The highest BCUT2D eigenvalue weighted by Gasteiger charge is 2.42. The third-order valence-electron chi connectivity index (χ3n) is 5.09. The summed E-state index contributed by atoms with van der Waals surface area (Å²) in [5, 5.41) is 0. The number of rotatable bonds is 4. The van der Waals surface area contributed by atoms with Crippen LogP contribution in [0.4, 0.5) is 0 Å². The van der Waals surface area contributed by atoms with Gasteiger partial charge in [0, 0.05) is 18.6 Å². The summed E-state index contributed by atoms with van der Waals surface area (Å²) in [7, 11) is 2.24. The molecular formula is C17H28N2. The van der Waals surface area contributed by atoms with Crippen molar-refractivity contribution in [1.29, 1.82) is 0 Å². The van der Waals surface area contributed by atoms with E-state index < -0.39 is 0 Å². The first-order chi connectivity index (χ1) is 9.08. The Balaban J connectivity index is 2.15. The molecule has 0 radical (unpaired) electrons. The van der Waals surface area contributed by atoms with E-state index in [0.717, 1.165) is 19.0 Å². The van der Waals surface area contributed by atoms with E-state index in [1.54, 1.807) is 0 Å². The van der Waals surface area contributed by atoms with E-state index >= 15 is 0 Å². The average Bonchev–Trinajstić information content (AvgIpc) is 2.42. The van der Waals surface area contributed by atoms with Crippen LogP contribution < -0.4 is 5.73 Å². The molecule has 1 aromatic carbocycles. The van der Waals surface area contributed by atoms with Gasteiger partial charge in [-0.1, -0.05) is 50.6 Å². The maximum absolute atomic E-state index is 6.20. The summed E-state index contributed by atoms with van der Waals surface area (Å²) >= 11 is 0. The zero-order chi connectivity index (χ0) is 13.9. The molecule has 0 aromatic heterocycles. The fourth-order valence-electron chi connectivity index (χ4n) is 3.70. The fourth-order valence-corrected chi connectivity index (χ4v) is 3.70. The van der Waals surface area contributed by atoms with E-state index in [1.165, 1.54) is 24.8 Å². The van der Waals surface area contributed by atoms with E-state index in [4.69, 9.17) is 5.73 Å². The monoisotopic (exact) mass is 260 g/mol. The standard InChI is InChI=1S/C17H28N2/c1-14-9-10-15(2)17(11-14,13-18)19(3)12-16-7-5-4-6-8-16/h4-8,14-15H,9-13,18H2,1-3H3. The molecular weight excluding hydrogens is 232 g/mol. The molecule has 2 N–H and O–H groups in total. The lowest BCUT2D eigenvalue weighted by Crippen LogP contribution is -2.58. The second kappa shape index (κ2) is 6.06. The van der Waals surface area contributed by atoms with Crippen molar-refractivity contribution >= 4 is 0 Å². The number of nitrogens with two attached hydrogens (primary N) is 1. The zero-order valence-corrected chi connectivity index (χ0v) is 12.6. The number of benzene rings is 1. The van der Waals surface area contributed by atoms with Crippen LogP contribution >= 0.6 is 0 Å². The Kier molecular flexibility index (Phi) is 4.64. The summed E-state index contributed by atoms with van der Waals surface area (Å²) in [6, 6.07) is 10.7. The van der Waals surface area contributed by atoms with Gasteiger partial charge in [0.05, 0.1) is 0 Å². The Hall–Kier alpha value is -0.860. The van der Waals surface area contributed by atoms with E-state index in [1.807, 2.05) is 0 Å². The van der Waals surface area contributed by atoms with Crippen molar-refractivity contribution < 1.29 is 0 Å². The second-order valence-corrected chi connectivity index (χ2v) is 6.44. The van der Waals surface area contributed by atoms with E-state index in [0.29, 0.717) is 5.92 Å². The summed E-state index contributed by atoms with van der Waals surface area (Å²) in [5.74, 6) is 1.47. The molecule has 1 aliphatic rings. The van der Waals surface area contributed by atoms with Crippen molar-refractivity contribution in [2.24, 2.45) is 17.6 Å². The first-order valence-corrected chi connectivity index (χ1v) is 7.53. The minimum Gasteiger partial charge on any atom is -0.329 e. The molecule has 0 aliphatic heterocycles. The van der Waals surface area contributed by atoms with Gasteiger partial charge in [-0.15, -0.1) is 0 Å². The summed E-state index contributed by atoms with van der Waals surface area (Å²) in [5.41, 5.74) is 7.76. The lowest BCUT2D eigenvalue weighted by molar-refractivity contribution is 0.00904. The molecule has 0 amide bonds. The molecule has 2 heteroatoms. The van der Waals surface area contributed by atoms with Gasteiger partial charge in [0.25, 0.3) is 0 Å². The maximum Gasteiger partial charge on any atom is 0.0360 e. The highest BCUT2D eigenvalue weighted by Crippen LogP contribution is 2.40. The lowest BCUT2D eigenvalue weighted by atomic mass is 9.68. The predicted octanol–water partition coefficient (Wildman–Crippen LogP) is 3.27. The van der Waals surface area contributed by atoms with Gasteiger partial charge in [-0.2, -0.15) is 0 Å². The Morgan fingerprint density at radius 1 is 1.21 bits per heavy atom. The Bertz CT molecular complexity index is 390. The molecule has 1 aliphatic carbocycles. The molecule has 0 heterocycles. The van der Waals surface area contributed by atoms with Crippen LogP contribution in [-0.4, -0.2) is 24.0 Å². The highest BCUT2D eigenvalue weighted by molar-refractivity contribution is 5.15. The van der Waals surface area contributed by atoms with Crippen LogP contribution in [-0.2, 0) is 6.54 Å². The molecule has 3 unspecified atom stereocenters. The van der Waals surface area contributed by atoms with Crippen LogP contribution in [0.5, 0.6) is 0 Å². The van der Waals surface area contributed by atoms with Gasteiger partial charge in [-0.25, -0.2) is 0 Å². The van der Waals surface area contributed by atoms with Crippen molar-refractivity contribution in [2.45, 2.75) is 45.2 Å². The lowest BCUT2D eigenvalue weighted by Gasteiger charge is -2.50. The number of hydrogen-bond donors (Lipinski definition) is 1. The van der Waals surface area contributed by atoms with Gasteiger partial charge in [0.2, 0.25) is 0 Å². The number of nitrogens with zero attached hydrogens (tertiary/aromatic N) is 1. The number of likely N-dealkylation sites (N-methyl/N-ethyl adjacent to an activating group) is 1. The van der Waals surface area contributed by atoms with Crippen molar-refractivity contribution in [3.05, 3.63) is 35.9 Å². The van der Waals surface area contributed by atoms with E-state index in [2.05, 4.69) is 56.1 Å². The second-order valence-electron chi connectivity index (χ2n) is 6.44. The molecule has 106 valence electrons. The summed E-state index contributed by atoms with van der Waals surface area (Å²) in [6.45, 7) is 6.50. The molecule has 19 heavy (non-hydrogen) atoms. The largest absolute Gasteiger partial charge is 0.329 e. The van der Waals surface area contributed by atoms with Gasteiger partial charge in [0.15, 0.2) is 0 Å². The van der Waals surface area contributed by atoms with E-state index in [9.17, 15) is 0 Å². The maximum atomic E-state index is 6.20. The molecule has 0 bridgehead atoms. The van der Waals surface area contributed by atoms with Crippen molar-refractivity contribution in [2.75, 3.05) is 13.6 Å². The normalized spacial score (nSPS) is 31.6. The van der Waals surface area contributed by atoms with Crippen LogP contribution in [0, 0.1) is 11.8 Å². The Morgan fingerprint density at radius 2 is 1.89 bits per heavy atom. The molecule has 1 saturated carbocycles. The molecule has 0 spiro atoms. The first kappa shape index (κ1) is 14.5. The molecule has 2 rings (SSSR count). The Morgan fingerprint density at radius 3 is 2.53 bits per heavy atom. The minimum atomic E-state index is 0.174. The van der Waals surface area contributed by atoms with Gasteiger partial charge >= 0.3 is 0 Å². The van der Waals surface area contributed by atoms with Gasteiger partial charge in [-0.05, 0) is 37.3 Å². The van der Waals surface area contributed by atoms with Gasteiger partial charge in [-0.3, -0.25) is 4.90 Å². The third kappa shape index (κ3) is 3.01. The smallest absolute Gasteiger partial charge is 0.0360 e. The molecule has 1 aromatic rings.